The molecule has 8 nitrogen and oxygen atoms in total. The Balaban J connectivity index is 1.43. The maximum absolute atomic E-state index is 12.5. The minimum Gasteiger partial charge on any atom is -0.459 e. The molecular weight excluding hydrogens is 356 g/mol. The summed E-state index contributed by atoms with van der Waals surface area (Å²) < 4.78 is 7.12. The molecule has 1 amide bonds. The number of furan rings is 1. The Morgan fingerprint density at radius 1 is 1.11 bits per heavy atom. The number of tetrazole rings is 1. The van der Waals surface area contributed by atoms with Gasteiger partial charge in [0.1, 0.15) is 0 Å². The number of aromatic nitrogens is 4. The van der Waals surface area contributed by atoms with Gasteiger partial charge in [0.25, 0.3) is 5.91 Å². The number of hydrogen-bond donors (Lipinski definition) is 0. The van der Waals surface area contributed by atoms with Crippen molar-refractivity contribution in [3.63, 3.8) is 0 Å². The standard InChI is InChI=1S/C20H24N6O2/c1-2-17(19-21-22-23-26(19)15-16-7-4-3-5-8-16)24-10-12-25(13-11-24)20(27)18-9-6-14-28-18/h3-9,14,17H,2,10-13,15H2,1H3/t17-/m0/s1. The van der Waals surface area contributed by atoms with Crippen molar-refractivity contribution in [3.8, 4) is 0 Å². The maximum Gasteiger partial charge on any atom is 0.289 e. The average Bonchev–Trinajstić information content (AvgIpc) is 3.42. The van der Waals surface area contributed by atoms with Crippen molar-refractivity contribution in [2.75, 3.05) is 26.2 Å². The second-order valence-corrected chi connectivity index (χ2v) is 6.91. The van der Waals surface area contributed by atoms with E-state index < -0.39 is 0 Å². The van der Waals surface area contributed by atoms with Gasteiger partial charge in [-0.15, -0.1) is 5.10 Å². The lowest BCUT2D eigenvalue weighted by atomic mass is 10.1. The second-order valence-electron chi connectivity index (χ2n) is 6.91. The highest BCUT2D eigenvalue weighted by molar-refractivity contribution is 5.91. The average molecular weight is 380 g/mol. The Kier molecular flexibility index (Phi) is 5.48. The van der Waals surface area contributed by atoms with E-state index in [0.717, 1.165) is 25.3 Å². The highest BCUT2D eigenvalue weighted by Gasteiger charge is 2.30. The van der Waals surface area contributed by atoms with E-state index in [9.17, 15) is 4.79 Å². The van der Waals surface area contributed by atoms with Crippen molar-refractivity contribution in [2.24, 2.45) is 0 Å². The summed E-state index contributed by atoms with van der Waals surface area (Å²) in [6.07, 6.45) is 2.43. The molecule has 0 saturated carbocycles. The van der Waals surface area contributed by atoms with Gasteiger partial charge in [-0.1, -0.05) is 37.3 Å². The lowest BCUT2D eigenvalue weighted by Gasteiger charge is -2.38. The van der Waals surface area contributed by atoms with Crippen LogP contribution in [-0.4, -0.2) is 62.1 Å². The van der Waals surface area contributed by atoms with Gasteiger partial charge >= 0.3 is 0 Å². The molecular formula is C20H24N6O2. The van der Waals surface area contributed by atoms with E-state index in [1.807, 2.05) is 27.8 Å². The second kappa shape index (κ2) is 8.35. The molecule has 146 valence electrons. The van der Waals surface area contributed by atoms with Gasteiger partial charge in [-0.3, -0.25) is 9.69 Å². The molecule has 0 unspecified atom stereocenters. The number of carbonyl (C=O) groups excluding carboxylic acids is 1. The van der Waals surface area contributed by atoms with Gasteiger partial charge in [0.15, 0.2) is 11.6 Å². The Morgan fingerprint density at radius 2 is 1.89 bits per heavy atom. The summed E-state index contributed by atoms with van der Waals surface area (Å²) in [5.41, 5.74) is 1.17. The molecule has 0 N–H and O–H groups in total. The summed E-state index contributed by atoms with van der Waals surface area (Å²) in [4.78, 5) is 16.7. The van der Waals surface area contributed by atoms with E-state index in [0.29, 0.717) is 25.4 Å². The third-order valence-electron chi connectivity index (χ3n) is 5.19. The molecule has 1 fully saturated rings. The summed E-state index contributed by atoms with van der Waals surface area (Å²) in [7, 11) is 0. The first kappa shape index (κ1) is 18.4. The highest BCUT2D eigenvalue weighted by Crippen LogP contribution is 2.24. The van der Waals surface area contributed by atoms with Crippen LogP contribution >= 0.6 is 0 Å². The molecule has 0 aliphatic carbocycles. The molecule has 8 heteroatoms. The van der Waals surface area contributed by atoms with Crippen molar-refractivity contribution < 1.29 is 9.21 Å². The van der Waals surface area contributed by atoms with E-state index in [4.69, 9.17) is 4.42 Å². The maximum atomic E-state index is 12.5. The molecule has 28 heavy (non-hydrogen) atoms. The van der Waals surface area contributed by atoms with Gasteiger partial charge in [-0.05, 0) is 34.5 Å². The van der Waals surface area contributed by atoms with Crippen LogP contribution in [0.2, 0.25) is 0 Å². The van der Waals surface area contributed by atoms with Crippen LogP contribution in [0, 0.1) is 0 Å². The fourth-order valence-electron chi connectivity index (χ4n) is 3.72. The number of carbonyl (C=O) groups is 1. The number of hydrogen-bond acceptors (Lipinski definition) is 6. The van der Waals surface area contributed by atoms with E-state index in [1.165, 1.54) is 11.8 Å². The van der Waals surface area contributed by atoms with Crippen LogP contribution in [-0.2, 0) is 6.54 Å². The van der Waals surface area contributed by atoms with E-state index in [1.54, 1.807) is 12.1 Å². The number of nitrogens with zero attached hydrogens (tertiary/aromatic N) is 6. The minimum absolute atomic E-state index is 0.0494. The zero-order valence-corrected chi connectivity index (χ0v) is 15.9. The largest absolute Gasteiger partial charge is 0.459 e. The Morgan fingerprint density at radius 3 is 2.57 bits per heavy atom. The fraction of sp³-hybridized carbons (Fsp3) is 0.400. The van der Waals surface area contributed by atoms with Gasteiger partial charge in [0, 0.05) is 26.2 Å². The first-order valence-corrected chi connectivity index (χ1v) is 9.63. The normalized spacial score (nSPS) is 16.2. The summed E-state index contributed by atoms with van der Waals surface area (Å²) in [6.45, 7) is 5.68. The van der Waals surface area contributed by atoms with Crippen LogP contribution in [0.25, 0.3) is 0 Å². The third-order valence-corrected chi connectivity index (χ3v) is 5.19. The molecule has 3 heterocycles. The van der Waals surface area contributed by atoms with Crippen LogP contribution in [0.3, 0.4) is 0 Å². The first-order chi connectivity index (χ1) is 13.8. The zero-order chi connectivity index (χ0) is 19.3. The van der Waals surface area contributed by atoms with Crippen molar-refractivity contribution in [3.05, 3.63) is 65.9 Å². The smallest absolute Gasteiger partial charge is 0.289 e. The Hall–Kier alpha value is -3.00. The predicted octanol–water partition coefficient (Wildman–Crippen LogP) is 2.22. The van der Waals surface area contributed by atoms with Gasteiger partial charge in [-0.2, -0.15) is 0 Å². The Labute approximate surface area is 163 Å². The number of piperazine rings is 1. The molecule has 1 aliphatic rings. The fourth-order valence-corrected chi connectivity index (χ4v) is 3.72. The van der Waals surface area contributed by atoms with Crippen molar-refractivity contribution in [2.45, 2.75) is 25.9 Å². The molecule has 2 aromatic heterocycles. The molecule has 1 atom stereocenters. The highest BCUT2D eigenvalue weighted by atomic mass is 16.3. The molecule has 3 aromatic rings. The topological polar surface area (TPSA) is 80.3 Å². The van der Waals surface area contributed by atoms with Crippen LogP contribution in [0.5, 0.6) is 0 Å². The van der Waals surface area contributed by atoms with E-state index >= 15 is 0 Å². The molecule has 4 rings (SSSR count). The number of benzene rings is 1. The summed E-state index contributed by atoms with van der Waals surface area (Å²) in [5.74, 6) is 1.22. The number of rotatable bonds is 6. The summed E-state index contributed by atoms with van der Waals surface area (Å²) >= 11 is 0. The van der Waals surface area contributed by atoms with Crippen LogP contribution in [0.15, 0.2) is 53.1 Å². The quantitative estimate of drug-likeness (QED) is 0.652. The lowest BCUT2D eigenvalue weighted by molar-refractivity contribution is 0.0521. The monoisotopic (exact) mass is 380 g/mol. The van der Waals surface area contributed by atoms with Gasteiger partial charge in [0.2, 0.25) is 0 Å². The van der Waals surface area contributed by atoms with Crippen molar-refractivity contribution in [1.82, 2.24) is 30.0 Å². The van der Waals surface area contributed by atoms with Gasteiger partial charge in [-0.25, -0.2) is 4.68 Å². The van der Waals surface area contributed by atoms with E-state index in [2.05, 4.69) is 39.5 Å². The molecule has 0 spiro atoms. The lowest BCUT2D eigenvalue weighted by Crippen LogP contribution is -2.50. The zero-order valence-electron chi connectivity index (χ0n) is 15.9. The third kappa shape index (κ3) is 3.82. The van der Waals surface area contributed by atoms with Crippen LogP contribution in [0.4, 0.5) is 0 Å². The molecule has 0 bridgehead atoms. The summed E-state index contributed by atoms with van der Waals surface area (Å²) in [6, 6.07) is 13.8. The predicted molar refractivity (Wildman–Crippen MR) is 103 cm³/mol. The first-order valence-electron chi connectivity index (χ1n) is 9.63. The SMILES string of the molecule is CC[C@@H](c1nnnn1Cc1ccccc1)N1CCN(C(=O)c2ccco2)CC1. The van der Waals surface area contributed by atoms with Gasteiger partial charge < -0.3 is 9.32 Å². The van der Waals surface area contributed by atoms with Gasteiger partial charge in [0.05, 0.1) is 18.8 Å². The molecule has 1 aliphatic heterocycles. The Bertz CT molecular complexity index is 885. The van der Waals surface area contributed by atoms with E-state index in [-0.39, 0.29) is 11.9 Å². The van der Waals surface area contributed by atoms with Crippen LogP contribution < -0.4 is 0 Å². The molecule has 0 radical (unpaired) electrons. The molecule has 1 saturated heterocycles. The number of amides is 1. The summed E-state index contributed by atoms with van der Waals surface area (Å²) in [5, 5.41) is 12.4. The molecule has 1 aromatic carbocycles. The van der Waals surface area contributed by atoms with Crippen molar-refractivity contribution >= 4 is 5.91 Å². The van der Waals surface area contributed by atoms with Crippen molar-refractivity contribution in [1.29, 1.82) is 0 Å². The van der Waals surface area contributed by atoms with Crippen LogP contribution in [0.1, 0.15) is 41.3 Å². The minimum atomic E-state index is -0.0494.